The summed E-state index contributed by atoms with van der Waals surface area (Å²) in [6.45, 7) is 4.18. The first-order valence-electron chi connectivity index (χ1n) is 10.4. The summed E-state index contributed by atoms with van der Waals surface area (Å²) in [7, 11) is 0. The number of nitrogens with one attached hydrogen (secondary N) is 3. The molecule has 1 aromatic heterocycles. The van der Waals surface area contributed by atoms with Crippen molar-refractivity contribution in [3.05, 3.63) is 41.2 Å². The maximum atomic E-state index is 12.6. The van der Waals surface area contributed by atoms with E-state index in [0.717, 1.165) is 62.1 Å². The molecule has 2 amide bonds. The fourth-order valence-corrected chi connectivity index (χ4v) is 3.89. The Morgan fingerprint density at radius 2 is 2.00 bits per heavy atom. The average Bonchev–Trinajstić information content (AvgIpc) is 3.07. The van der Waals surface area contributed by atoms with Gasteiger partial charge in [0, 0.05) is 18.2 Å². The zero-order valence-electron chi connectivity index (χ0n) is 16.8. The number of hydrogen-bond acceptors (Lipinski definition) is 5. The summed E-state index contributed by atoms with van der Waals surface area (Å²) in [6.07, 6.45) is 5.05. The van der Waals surface area contributed by atoms with Crippen molar-refractivity contribution in [3.8, 4) is 0 Å². The van der Waals surface area contributed by atoms with E-state index in [4.69, 9.17) is 0 Å². The SMILES string of the molecule is Cc1c(C(=O)NCc2cccc(NC(=O)C3CCC3)c2)nnn1C1CCNCC1. The molecule has 1 saturated heterocycles. The normalized spacial score (nSPS) is 17.6. The Bertz CT molecular complexity index is 883. The molecular formula is C21H28N6O2. The van der Waals surface area contributed by atoms with E-state index in [9.17, 15) is 9.59 Å². The summed E-state index contributed by atoms with van der Waals surface area (Å²) in [5.74, 6) is -0.00179. The lowest BCUT2D eigenvalue weighted by atomic mass is 9.85. The van der Waals surface area contributed by atoms with Crippen molar-refractivity contribution in [2.24, 2.45) is 5.92 Å². The Morgan fingerprint density at radius 3 is 2.72 bits per heavy atom. The Hall–Kier alpha value is -2.74. The predicted molar refractivity (Wildman–Crippen MR) is 109 cm³/mol. The van der Waals surface area contributed by atoms with Crippen LogP contribution in [0, 0.1) is 12.8 Å². The molecule has 1 aromatic carbocycles. The van der Waals surface area contributed by atoms with Crippen LogP contribution in [-0.4, -0.2) is 39.9 Å². The molecule has 2 heterocycles. The van der Waals surface area contributed by atoms with Crippen LogP contribution in [0.2, 0.25) is 0 Å². The second kappa shape index (κ2) is 8.73. The fourth-order valence-electron chi connectivity index (χ4n) is 3.89. The summed E-state index contributed by atoms with van der Waals surface area (Å²) >= 11 is 0. The molecule has 3 N–H and O–H groups in total. The summed E-state index contributed by atoms with van der Waals surface area (Å²) in [5, 5.41) is 17.6. The molecule has 0 radical (unpaired) electrons. The van der Waals surface area contributed by atoms with Gasteiger partial charge < -0.3 is 16.0 Å². The van der Waals surface area contributed by atoms with Crippen LogP contribution in [0.15, 0.2) is 24.3 Å². The average molecular weight is 396 g/mol. The Kier molecular flexibility index (Phi) is 5.89. The lowest BCUT2D eigenvalue weighted by Crippen LogP contribution is -2.30. The van der Waals surface area contributed by atoms with Crippen molar-refractivity contribution in [1.82, 2.24) is 25.6 Å². The number of amides is 2. The highest BCUT2D eigenvalue weighted by Gasteiger charge is 2.25. The van der Waals surface area contributed by atoms with Gasteiger partial charge in [0.2, 0.25) is 5.91 Å². The van der Waals surface area contributed by atoms with Crippen molar-refractivity contribution >= 4 is 17.5 Å². The van der Waals surface area contributed by atoms with Gasteiger partial charge in [-0.3, -0.25) is 9.59 Å². The third-order valence-corrected chi connectivity index (χ3v) is 5.92. The first kappa shape index (κ1) is 19.6. The van der Waals surface area contributed by atoms with E-state index in [2.05, 4.69) is 26.3 Å². The number of anilines is 1. The number of rotatable bonds is 6. The standard InChI is InChI=1S/C21H28N6O2/c1-14-19(25-26-27(14)18-8-10-22-11-9-18)21(29)23-13-15-4-2-7-17(12-15)24-20(28)16-5-3-6-16/h2,4,7,12,16,18,22H,3,5-6,8-11,13H2,1H3,(H,23,29)(H,24,28). The van der Waals surface area contributed by atoms with Crippen molar-refractivity contribution in [3.63, 3.8) is 0 Å². The Labute approximate surface area is 170 Å². The zero-order chi connectivity index (χ0) is 20.2. The van der Waals surface area contributed by atoms with Crippen LogP contribution in [0.4, 0.5) is 5.69 Å². The number of piperidine rings is 1. The predicted octanol–water partition coefficient (Wildman–Crippen LogP) is 2.18. The van der Waals surface area contributed by atoms with Gasteiger partial charge in [0.05, 0.1) is 11.7 Å². The Morgan fingerprint density at radius 1 is 1.21 bits per heavy atom. The molecule has 4 rings (SSSR count). The number of aromatic nitrogens is 3. The second-order valence-electron chi connectivity index (χ2n) is 7.95. The molecule has 0 bridgehead atoms. The van der Waals surface area contributed by atoms with Gasteiger partial charge in [-0.25, -0.2) is 4.68 Å². The van der Waals surface area contributed by atoms with Crippen molar-refractivity contribution in [1.29, 1.82) is 0 Å². The molecule has 0 spiro atoms. The maximum absolute atomic E-state index is 12.6. The number of carbonyl (C=O) groups is 2. The van der Waals surface area contributed by atoms with E-state index >= 15 is 0 Å². The molecule has 2 aliphatic rings. The van der Waals surface area contributed by atoms with Gasteiger partial charge in [0.25, 0.3) is 5.91 Å². The molecule has 8 heteroatoms. The van der Waals surface area contributed by atoms with Crippen LogP contribution < -0.4 is 16.0 Å². The van der Waals surface area contributed by atoms with Crippen LogP contribution in [0.5, 0.6) is 0 Å². The van der Waals surface area contributed by atoms with E-state index in [1.807, 2.05) is 35.9 Å². The molecule has 29 heavy (non-hydrogen) atoms. The van der Waals surface area contributed by atoms with Gasteiger partial charge in [-0.05, 0) is 63.4 Å². The topological polar surface area (TPSA) is 101 Å². The minimum absolute atomic E-state index is 0.0857. The molecule has 1 aliphatic carbocycles. The van der Waals surface area contributed by atoms with Gasteiger partial charge in [0.1, 0.15) is 0 Å². The van der Waals surface area contributed by atoms with Crippen molar-refractivity contribution in [2.45, 2.75) is 51.6 Å². The van der Waals surface area contributed by atoms with E-state index in [0.29, 0.717) is 18.3 Å². The van der Waals surface area contributed by atoms with Crippen molar-refractivity contribution in [2.75, 3.05) is 18.4 Å². The van der Waals surface area contributed by atoms with Gasteiger partial charge in [-0.2, -0.15) is 0 Å². The first-order valence-corrected chi connectivity index (χ1v) is 10.4. The molecule has 2 aromatic rings. The quantitative estimate of drug-likeness (QED) is 0.695. The third-order valence-electron chi connectivity index (χ3n) is 5.92. The molecule has 8 nitrogen and oxygen atoms in total. The van der Waals surface area contributed by atoms with Gasteiger partial charge in [-0.1, -0.05) is 23.8 Å². The molecule has 154 valence electrons. The summed E-state index contributed by atoms with van der Waals surface area (Å²) < 4.78 is 1.88. The van der Waals surface area contributed by atoms with Crippen LogP contribution in [0.25, 0.3) is 0 Å². The molecule has 0 unspecified atom stereocenters. The minimum atomic E-state index is -0.230. The lowest BCUT2D eigenvalue weighted by Gasteiger charge is -2.24. The monoisotopic (exact) mass is 396 g/mol. The van der Waals surface area contributed by atoms with E-state index < -0.39 is 0 Å². The number of benzene rings is 1. The third kappa shape index (κ3) is 4.48. The van der Waals surface area contributed by atoms with Gasteiger partial charge >= 0.3 is 0 Å². The highest BCUT2D eigenvalue weighted by Crippen LogP contribution is 2.27. The van der Waals surface area contributed by atoms with Gasteiger partial charge in [-0.15, -0.1) is 5.10 Å². The van der Waals surface area contributed by atoms with Crippen LogP contribution in [-0.2, 0) is 11.3 Å². The zero-order valence-corrected chi connectivity index (χ0v) is 16.8. The van der Waals surface area contributed by atoms with E-state index in [1.54, 1.807) is 0 Å². The van der Waals surface area contributed by atoms with E-state index in [-0.39, 0.29) is 17.7 Å². The maximum Gasteiger partial charge on any atom is 0.274 e. The summed E-state index contributed by atoms with van der Waals surface area (Å²) in [5.41, 5.74) is 2.86. The highest BCUT2D eigenvalue weighted by molar-refractivity contribution is 5.94. The lowest BCUT2D eigenvalue weighted by molar-refractivity contribution is -0.122. The fraction of sp³-hybridized carbons (Fsp3) is 0.524. The molecule has 1 saturated carbocycles. The van der Waals surface area contributed by atoms with Crippen LogP contribution >= 0.6 is 0 Å². The molecule has 1 aliphatic heterocycles. The van der Waals surface area contributed by atoms with Crippen LogP contribution in [0.1, 0.15) is 59.9 Å². The van der Waals surface area contributed by atoms with Crippen molar-refractivity contribution < 1.29 is 9.59 Å². The minimum Gasteiger partial charge on any atom is -0.347 e. The molecule has 2 fully saturated rings. The first-order chi connectivity index (χ1) is 14.1. The number of carbonyl (C=O) groups excluding carboxylic acids is 2. The smallest absolute Gasteiger partial charge is 0.274 e. The largest absolute Gasteiger partial charge is 0.347 e. The summed E-state index contributed by atoms with van der Waals surface area (Å²) in [6, 6.07) is 7.88. The Balaban J connectivity index is 1.35. The second-order valence-corrected chi connectivity index (χ2v) is 7.95. The van der Waals surface area contributed by atoms with E-state index in [1.165, 1.54) is 0 Å². The molecule has 0 atom stereocenters. The highest BCUT2D eigenvalue weighted by atomic mass is 16.2. The summed E-state index contributed by atoms with van der Waals surface area (Å²) in [4.78, 5) is 24.7. The van der Waals surface area contributed by atoms with Crippen LogP contribution in [0.3, 0.4) is 0 Å². The van der Waals surface area contributed by atoms with Gasteiger partial charge in [0.15, 0.2) is 5.69 Å². The molecular weight excluding hydrogens is 368 g/mol. The number of hydrogen-bond donors (Lipinski definition) is 3. The number of nitrogens with zero attached hydrogens (tertiary/aromatic N) is 3.